The van der Waals surface area contributed by atoms with Gasteiger partial charge in [0, 0.05) is 0 Å². The van der Waals surface area contributed by atoms with Crippen molar-refractivity contribution in [3.63, 3.8) is 0 Å². The molecular weight excluding hydrogens is 996 g/mol. The van der Waals surface area contributed by atoms with Crippen molar-refractivity contribution in [1.29, 1.82) is 0 Å². The molecule has 0 saturated carbocycles. The van der Waals surface area contributed by atoms with E-state index in [-0.39, 0.29) is 65.3 Å². The smallest absolute Gasteiger partial charge is 0.0776 e. The van der Waals surface area contributed by atoms with Gasteiger partial charge >= 0.3 is 21.2 Å². The molecule has 0 aliphatic carbocycles. The number of hydrogen-bond acceptors (Lipinski definition) is 0. The minimum absolute atomic E-state index is 0. The summed E-state index contributed by atoms with van der Waals surface area (Å²) in [4.78, 5) is 8.03. The molecule has 0 atom stereocenters. The summed E-state index contributed by atoms with van der Waals surface area (Å²) in [6.07, 6.45) is 0. The summed E-state index contributed by atoms with van der Waals surface area (Å²) in [5, 5.41) is 0. The topological polar surface area (TPSA) is 0 Å². The van der Waals surface area contributed by atoms with Gasteiger partial charge in [0.2, 0.25) is 0 Å². The monoisotopic (exact) mass is 1090 g/mol. The van der Waals surface area contributed by atoms with E-state index in [1.54, 1.807) is 0 Å². The Hall–Kier alpha value is -4.81. The van der Waals surface area contributed by atoms with Crippen LogP contribution in [0.5, 0.6) is 0 Å². The van der Waals surface area contributed by atoms with Crippen molar-refractivity contribution < 1.29 is 21.2 Å². The van der Waals surface area contributed by atoms with Crippen LogP contribution in [0.4, 0.5) is 0 Å². The van der Waals surface area contributed by atoms with Crippen molar-refractivity contribution in [2.45, 2.75) is 162 Å². The van der Waals surface area contributed by atoms with Crippen molar-refractivity contribution >= 4 is 21.8 Å². The van der Waals surface area contributed by atoms with Gasteiger partial charge in [-0.15, -0.1) is 0 Å². The molecule has 0 N–H and O–H groups in total. The van der Waals surface area contributed by atoms with Crippen molar-refractivity contribution in [3.8, 4) is 22.3 Å². The van der Waals surface area contributed by atoms with E-state index in [9.17, 15) is 0 Å². The Balaban J connectivity index is -0.00000105. The zero-order valence-corrected chi connectivity index (χ0v) is 47.8. The summed E-state index contributed by atoms with van der Waals surface area (Å²) < 4.78 is 2.85. The highest BCUT2D eigenvalue weighted by atomic mass is 127. The van der Waals surface area contributed by atoms with Crippen LogP contribution < -0.4 is 21.2 Å². The minimum Gasteiger partial charge on any atom is -0.0776 e. The lowest BCUT2D eigenvalue weighted by Crippen LogP contribution is -3.61. The summed E-state index contributed by atoms with van der Waals surface area (Å²) in [6.45, 7) is 32.0. The number of benzene rings is 8. The lowest BCUT2D eigenvalue weighted by atomic mass is 10.1. The molecule has 380 valence electrons. The number of halogens is 1. The second-order valence-corrected chi connectivity index (χ2v) is 19.1. The molecule has 0 radical (unpaired) electrons. The van der Waals surface area contributed by atoms with Crippen LogP contribution in [0, 0.1) is 7.14 Å². The van der Waals surface area contributed by atoms with Crippen LogP contribution in [0.3, 0.4) is 0 Å². The van der Waals surface area contributed by atoms with E-state index in [0.29, 0.717) is 0 Å². The molecule has 0 aromatic heterocycles. The Morgan fingerprint density at radius 3 is 0.543 bits per heavy atom. The van der Waals surface area contributed by atoms with Gasteiger partial charge in [0.25, 0.3) is 0 Å². The summed E-state index contributed by atoms with van der Waals surface area (Å²) >= 11 is -0.268. The van der Waals surface area contributed by atoms with E-state index in [2.05, 4.69) is 218 Å². The van der Waals surface area contributed by atoms with E-state index >= 15 is 0 Å². The second kappa shape index (κ2) is 46.6. The maximum absolute atomic E-state index is 2.32. The van der Waals surface area contributed by atoms with Crippen molar-refractivity contribution in [3.05, 3.63) is 226 Å². The van der Waals surface area contributed by atoms with Crippen LogP contribution in [0.2, 0.25) is 0 Å². The van der Waals surface area contributed by atoms with E-state index < -0.39 is 0 Å². The summed E-state index contributed by atoms with van der Waals surface area (Å²) in [5.41, 5.74) is 5.02. The highest BCUT2D eigenvalue weighted by Gasteiger charge is 2.29. The van der Waals surface area contributed by atoms with Crippen molar-refractivity contribution in [2.75, 3.05) is 0 Å². The molecule has 0 fully saturated rings. The molecule has 8 rings (SSSR count). The van der Waals surface area contributed by atoms with E-state index in [1.165, 1.54) is 58.8 Å². The Bertz CT molecular complexity index is 2030. The van der Waals surface area contributed by atoms with Crippen LogP contribution in [0.25, 0.3) is 22.3 Å². The van der Waals surface area contributed by atoms with Crippen molar-refractivity contribution in [1.82, 2.24) is 0 Å². The van der Waals surface area contributed by atoms with Gasteiger partial charge in [-0.05, 0) is 168 Å². The molecule has 0 bridgehead atoms. The summed E-state index contributed by atoms with van der Waals surface area (Å²) in [5.74, 6) is 0. The fourth-order valence-electron chi connectivity index (χ4n) is 6.15. The summed E-state index contributed by atoms with van der Waals surface area (Å²) in [6, 6.07) is 80.1. The Labute approximate surface area is 449 Å². The van der Waals surface area contributed by atoms with Crippen LogP contribution >= 0.6 is 0 Å². The average molecular weight is 1090 g/mol. The molecule has 8 aromatic rings. The largest absolute Gasteiger partial charge is 0.357 e. The van der Waals surface area contributed by atoms with Crippen LogP contribution in [0.1, 0.15) is 133 Å². The zero-order valence-electron chi connectivity index (χ0n) is 44.0. The molecule has 0 aliphatic rings. The molecule has 0 nitrogen and oxygen atoms in total. The fraction of sp³-hybridized carbons (Fsp3) is 0.284. The molecule has 0 unspecified atom stereocenters. The second-order valence-electron chi connectivity index (χ2n) is 12.0. The minimum atomic E-state index is -0.268. The highest BCUT2D eigenvalue weighted by molar-refractivity contribution is 7.97. The molecule has 0 heterocycles. The lowest BCUT2D eigenvalue weighted by Gasteiger charge is -2.09. The first kappa shape index (κ1) is 71.7. The SMILES string of the molecule is C.C.C.CC.CC.CC.CC.CC.CC.CC.CC.c1ccc([S+](c2ccccc2)c2ccc(-c3ccc([I+]c4ccc(-c5ccc([S+](c6ccccc6)c6ccccc6)cc5)cc4)cc3)cc2)cc1. The fourth-order valence-corrected chi connectivity index (χ4v) is 12.5. The third-order valence-corrected chi connectivity index (χ3v) is 15.8. The third-order valence-electron chi connectivity index (χ3n) is 8.67. The summed E-state index contributed by atoms with van der Waals surface area (Å²) in [7, 11) is -0.266. The van der Waals surface area contributed by atoms with Gasteiger partial charge in [-0.25, -0.2) is 0 Å². The number of rotatable bonds is 10. The molecule has 8 aromatic carbocycles. The Kier molecular flexibility index (Phi) is 47.7. The quantitative estimate of drug-likeness (QED) is 0.0946. The van der Waals surface area contributed by atoms with Crippen LogP contribution in [0.15, 0.2) is 248 Å². The predicted octanol–water partition coefficient (Wildman–Crippen LogP) is 19.5. The third kappa shape index (κ3) is 23.0. The van der Waals surface area contributed by atoms with Crippen molar-refractivity contribution in [2.24, 2.45) is 0 Å². The van der Waals surface area contributed by atoms with Crippen LogP contribution in [-0.4, -0.2) is 0 Å². The molecule has 3 heteroatoms. The van der Waals surface area contributed by atoms with E-state index in [4.69, 9.17) is 0 Å². The zero-order chi connectivity index (χ0) is 50.2. The van der Waals surface area contributed by atoms with Gasteiger partial charge < -0.3 is 0 Å². The molecular formula is C67H96IS2+3. The van der Waals surface area contributed by atoms with E-state index in [0.717, 1.165) is 0 Å². The Morgan fingerprint density at radius 1 is 0.200 bits per heavy atom. The first-order chi connectivity index (χ1) is 33.3. The molecule has 0 amide bonds. The molecule has 0 spiro atoms. The van der Waals surface area contributed by atoms with Gasteiger partial charge in [0.15, 0.2) is 36.5 Å². The van der Waals surface area contributed by atoms with Gasteiger partial charge in [-0.1, -0.05) is 206 Å². The molecule has 70 heavy (non-hydrogen) atoms. The Morgan fingerprint density at radius 2 is 0.357 bits per heavy atom. The van der Waals surface area contributed by atoms with E-state index in [1.807, 2.05) is 111 Å². The van der Waals surface area contributed by atoms with Gasteiger partial charge in [0.1, 0.15) is 0 Å². The normalized spacial score (nSPS) is 8.83. The highest BCUT2D eigenvalue weighted by Crippen LogP contribution is 2.34. The van der Waals surface area contributed by atoms with Crippen LogP contribution in [-0.2, 0) is 21.8 Å². The maximum Gasteiger partial charge on any atom is 0.357 e. The average Bonchev–Trinajstić information content (AvgIpc) is 3.45. The molecule has 0 saturated heterocycles. The maximum atomic E-state index is 2.32. The first-order valence-corrected chi connectivity index (χ1v) is 29.6. The lowest BCUT2D eigenvalue weighted by molar-refractivity contribution is -0.597. The predicted molar refractivity (Wildman–Crippen MR) is 322 cm³/mol. The number of hydrogen-bond donors (Lipinski definition) is 0. The van der Waals surface area contributed by atoms with Gasteiger partial charge in [-0.3, -0.25) is 0 Å². The standard InChI is InChI=1S/C48H36IS2.8C2H6.3CH4/c1-5-13-43(14-6-1)50(44-15-7-2-8-16-44)47-33-25-39(26-34-47)37-21-29-41(30-22-37)49-42-31-23-38(24-32-42)40-27-35-48(36-28-40)51(45-17-9-3-10-18-45)46-19-11-4-12-20-46;8*1-2;;;/h1-36H;8*1-2H3;3*1H4/q+3;;;;;;;;;;;. The first-order valence-electron chi connectivity index (χ1n) is 25.0. The molecule has 0 aliphatic heterocycles. The van der Waals surface area contributed by atoms with Gasteiger partial charge in [0.05, 0.1) is 21.8 Å². The van der Waals surface area contributed by atoms with Gasteiger partial charge in [-0.2, -0.15) is 0 Å².